The second-order valence-corrected chi connectivity index (χ2v) is 6.99. The molecule has 0 radical (unpaired) electrons. The highest BCUT2D eigenvalue weighted by Gasteiger charge is 2.20. The number of aliphatic hydroxyl groups excluding tert-OH is 1. The minimum atomic E-state index is -0.488. The molecular formula is C20H26Cl2N2O2. The Morgan fingerprint density at radius 1 is 1.08 bits per heavy atom. The molecule has 0 aromatic heterocycles. The van der Waals surface area contributed by atoms with Crippen molar-refractivity contribution in [2.75, 3.05) is 44.2 Å². The van der Waals surface area contributed by atoms with Gasteiger partial charge in [-0.05, 0) is 42.8 Å². The van der Waals surface area contributed by atoms with Crippen LogP contribution in [0.2, 0.25) is 5.02 Å². The summed E-state index contributed by atoms with van der Waals surface area (Å²) in [5.74, 6) is 0.810. The first-order valence-corrected chi connectivity index (χ1v) is 9.08. The lowest BCUT2D eigenvalue weighted by atomic mass is 10.2. The number of hydrogen-bond donors (Lipinski definition) is 1. The highest BCUT2D eigenvalue weighted by molar-refractivity contribution is 6.30. The fourth-order valence-corrected chi connectivity index (χ4v) is 3.29. The largest absolute Gasteiger partial charge is 0.491 e. The van der Waals surface area contributed by atoms with Crippen molar-refractivity contribution in [1.29, 1.82) is 0 Å². The van der Waals surface area contributed by atoms with Gasteiger partial charge in [0.05, 0.1) is 0 Å². The lowest BCUT2D eigenvalue weighted by Gasteiger charge is -2.36. The van der Waals surface area contributed by atoms with Gasteiger partial charge in [0.2, 0.25) is 0 Å². The molecule has 142 valence electrons. The van der Waals surface area contributed by atoms with Crippen molar-refractivity contribution in [2.45, 2.75) is 13.0 Å². The van der Waals surface area contributed by atoms with Crippen LogP contribution in [0.3, 0.4) is 0 Å². The SMILES string of the molecule is Cc1cccc(OCC(O)CN2CCN(c3cccc(Cl)c3)CC2)c1.Cl. The van der Waals surface area contributed by atoms with E-state index in [1.165, 1.54) is 0 Å². The fraction of sp³-hybridized carbons (Fsp3) is 0.400. The highest BCUT2D eigenvalue weighted by atomic mass is 35.5. The number of ether oxygens (including phenoxy) is 1. The number of rotatable bonds is 6. The van der Waals surface area contributed by atoms with Crippen LogP contribution in [0.25, 0.3) is 0 Å². The lowest BCUT2D eigenvalue weighted by Crippen LogP contribution is -2.49. The first-order chi connectivity index (χ1) is 12.1. The number of piperazine rings is 1. The molecular weight excluding hydrogens is 371 g/mol. The Balaban J connectivity index is 0.00000243. The van der Waals surface area contributed by atoms with Crippen molar-refractivity contribution in [2.24, 2.45) is 0 Å². The van der Waals surface area contributed by atoms with Gasteiger partial charge in [-0.15, -0.1) is 12.4 Å². The van der Waals surface area contributed by atoms with Crippen LogP contribution >= 0.6 is 24.0 Å². The quantitative estimate of drug-likeness (QED) is 0.808. The van der Waals surface area contributed by atoms with Crippen LogP contribution in [0, 0.1) is 6.92 Å². The van der Waals surface area contributed by atoms with Crippen LogP contribution in [-0.2, 0) is 0 Å². The summed E-state index contributed by atoms with van der Waals surface area (Å²) in [6.07, 6.45) is -0.488. The molecule has 6 heteroatoms. The van der Waals surface area contributed by atoms with Gasteiger partial charge in [-0.3, -0.25) is 4.90 Å². The number of halogens is 2. The van der Waals surface area contributed by atoms with E-state index in [1.54, 1.807) is 0 Å². The molecule has 0 spiro atoms. The molecule has 1 unspecified atom stereocenters. The molecule has 0 aliphatic carbocycles. The molecule has 0 bridgehead atoms. The molecule has 1 heterocycles. The van der Waals surface area contributed by atoms with Gasteiger partial charge in [-0.1, -0.05) is 29.8 Å². The summed E-state index contributed by atoms with van der Waals surface area (Å²) in [4.78, 5) is 4.61. The molecule has 2 aromatic carbocycles. The van der Waals surface area contributed by atoms with E-state index in [4.69, 9.17) is 16.3 Å². The van der Waals surface area contributed by atoms with Crippen molar-refractivity contribution < 1.29 is 9.84 Å². The first-order valence-electron chi connectivity index (χ1n) is 8.70. The summed E-state index contributed by atoms with van der Waals surface area (Å²) in [7, 11) is 0. The molecule has 1 atom stereocenters. The van der Waals surface area contributed by atoms with Crippen molar-refractivity contribution >= 4 is 29.7 Å². The molecule has 2 aromatic rings. The fourth-order valence-electron chi connectivity index (χ4n) is 3.11. The molecule has 1 aliphatic heterocycles. The van der Waals surface area contributed by atoms with Gasteiger partial charge in [-0.2, -0.15) is 0 Å². The van der Waals surface area contributed by atoms with E-state index < -0.39 is 6.10 Å². The van der Waals surface area contributed by atoms with E-state index in [-0.39, 0.29) is 12.4 Å². The lowest BCUT2D eigenvalue weighted by molar-refractivity contribution is 0.0663. The van der Waals surface area contributed by atoms with Gasteiger partial charge in [-0.25, -0.2) is 0 Å². The van der Waals surface area contributed by atoms with Crippen LogP contribution < -0.4 is 9.64 Å². The summed E-state index contributed by atoms with van der Waals surface area (Å²) in [5, 5.41) is 11.0. The van der Waals surface area contributed by atoms with Crippen LogP contribution in [0.15, 0.2) is 48.5 Å². The first kappa shape index (κ1) is 20.8. The number of aryl methyl sites for hydroxylation is 1. The predicted molar refractivity (Wildman–Crippen MR) is 110 cm³/mol. The van der Waals surface area contributed by atoms with Gasteiger partial charge < -0.3 is 14.7 Å². The summed E-state index contributed by atoms with van der Waals surface area (Å²) < 4.78 is 5.69. The van der Waals surface area contributed by atoms with Crippen LogP contribution in [0.1, 0.15) is 5.56 Å². The molecule has 3 rings (SSSR count). The third-order valence-electron chi connectivity index (χ3n) is 4.45. The number of aliphatic hydroxyl groups is 1. The van der Waals surface area contributed by atoms with E-state index in [0.717, 1.165) is 48.2 Å². The summed E-state index contributed by atoms with van der Waals surface area (Å²) >= 11 is 6.07. The van der Waals surface area contributed by atoms with Crippen LogP contribution in [0.5, 0.6) is 5.75 Å². The van der Waals surface area contributed by atoms with Crippen LogP contribution in [0.4, 0.5) is 5.69 Å². The number of β-amino-alcohol motifs (C(OH)–C–C–N with tert-alkyl or cyclic N) is 1. The molecule has 4 nitrogen and oxygen atoms in total. The maximum Gasteiger partial charge on any atom is 0.119 e. The van der Waals surface area contributed by atoms with Crippen molar-refractivity contribution in [1.82, 2.24) is 4.90 Å². The molecule has 1 N–H and O–H groups in total. The molecule has 0 amide bonds. The molecule has 1 saturated heterocycles. The summed E-state index contributed by atoms with van der Waals surface area (Å²) in [6.45, 7) is 6.70. The van der Waals surface area contributed by atoms with Gasteiger partial charge >= 0.3 is 0 Å². The van der Waals surface area contributed by atoms with E-state index in [9.17, 15) is 5.11 Å². The summed E-state index contributed by atoms with van der Waals surface area (Å²) in [6, 6.07) is 15.9. The zero-order chi connectivity index (χ0) is 17.6. The Bertz CT molecular complexity index is 691. The normalized spacial score (nSPS) is 16.0. The minimum absolute atomic E-state index is 0. The standard InChI is InChI=1S/C20H25ClN2O2.ClH/c1-16-4-2-7-20(12-16)25-15-19(24)14-22-8-10-23(11-9-22)18-6-3-5-17(21)13-18;/h2-7,12-13,19,24H,8-11,14-15H2,1H3;1H. The number of anilines is 1. The van der Waals surface area contributed by atoms with Crippen LogP contribution in [-0.4, -0.2) is 55.4 Å². The molecule has 1 fully saturated rings. The Hall–Kier alpha value is -1.46. The second-order valence-electron chi connectivity index (χ2n) is 6.55. The third-order valence-corrected chi connectivity index (χ3v) is 4.68. The predicted octanol–water partition coefficient (Wildman–Crippen LogP) is 3.63. The second kappa shape index (κ2) is 10.0. The zero-order valence-electron chi connectivity index (χ0n) is 15.0. The average molecular weight is 397 g/mol. The van der Waals surface area contributed by atoms with Gasteiger partial charge in [0, 0.05) is 43.4 Å². The van der Waals surface area contributed by atoms with Crippen molar-refractivity contribution in [3.05, 3.63) is 59.1 Å². The monoisotopic (exact) mass is 396 g/mol. The van der Waals surface area contributed by atoms with Gasteiger partial charge in [0.1, 0.15) is 18.5 Å². The summed E-state index contributed by atoms with van der Waals surface area (Å²) in [5.41, 5.74) is 2.32. The Kier molecular flexibility index (Phi) is 8.04. The average Bonchev–Trinajstić information content (AvgIpc) is 2.61. The maximum absolute atomic E-state index is 10.3. The maximum atomic E-state index is 10.3. The van der Waals surface area contributed by atoms with E-state index >= 15 is 0 Å². The Morgan fingerprint density at radius 3 is 2.50 bits per heavy atom. The Morgan fingerprint density at radius 2 is 1.81 bits per heavy atom. The van der Waals surface area contributed by atoms with E-state index in [1.807, 2.05) is 49.4 Å². The van der Waals surface area contributed by atoms with E-state index in [0.29, 0.717) is 13.2 Å². The highest BCUT2D eigenvalue weighted by Crippen LogP contribution is 2.21. The molecule has 1 aliphatic rings. The van der Waals surface area contributed by atoms with E-state index in [2.05, 4.69) is 15.9 Å². The van der Waals surface area contributed by atoms with Crippen molar-refractivity contribution in [3.8, 4) is 5.75 Å². The smallest absolute Gasteiger partial charge is 0.119 e. The molecule has 26 heavy (non-hydrogen) atoms. The number of hydrogen-bond acceptors (Lipinski definition) is 4. The van der Waals surface area contributed by atoms with Crippen molar-refractivity contribution in [3.63, 3.8) is 0 Å². The van der Waals surface area contributed by atoms with Gasteiger partial charge in [0.15, 0.2) is 0 Å². The zero-order valence-corrected chi connectivity index (χ0v) is 16.5. The topological polar surface area (TPSA) is 35.9 Å². The Labute approximate surface area is 166 Å². The number of nitrogens with zero attached hydrogens (tertiary/aromatic N) is 2. The minimum Gasteiger partial charge on any atom is -0.491 e. The van der Waals surface area contributed by atoms with Gasteiger partial charge in [0.25, 0.3) is 0 Å². The third kappa shape index (κ3) is 6.06. The molecule has 0 saturated carbocycles. The number of benzene rings is 2.